The minimum atomic E-state index is -0.460. The first-order chi connectivity index (χ1) is 13.4. The number of amides is 2. The molecule has 2 unspecified atom stereocenters. The van der Waals surface area contributed by atoms with Crippen molar-refractivity contribution >= 4 is 12.1 Å². The normalized spacial score (nSPS) is 23.6. The lowest BCUT2D eigenvalue weighted by atomic mass is 9.67. The van der Waals surface area contributed by atoms with Crippen molar-refractivity contribution in [2.24, 2.45) is 5.41 Å². The Morgan fingerprint density at radius 1 is 0.931 bits per heavy atom. The third-order valence-electron chi connectivity index (χ3n) is 5.50. The Labute approximate surface area is 172 Å². The van der Waals surface area contributed by atoms with E-state index in [9.17, 15) is 9.59 Å². The van der Waals surface area contributed by atoms with Crippen LogP contribution in [0.15, 0.2) is 12.1 Å². The number of carbonyl (C=O) groups excluding carboxylic acids is 2. The summed E-state index contributed by atoms with van der Waals surface area (Å²) >= 11 is 0. The molecular weight excluding hydrogens is 368 g/mol. The maximum atomic E-state index is 12.8. The predicted octanol–water partition coefficient (Wildman–Crippen LogP) is 3.47. The molecule has 8 heteroatoms. The molecule has 2 heterocycles. The van der Waals surface area contributed by atoms with E-state index in [0.717, 1.165) is 35.6 Å². The van der Waals surface area contributed by atoms with Gasteiger partial charge in [0.2, 0.25) is 0 Å². The molecule has 2 amide bonds. The molecule has 29 heavy (non-hydrogen) atoms. The summed E-state index contributed by atoms with van der Waals surface area (Å²) in [7, 11) is 0. The molecule has 1 aliphatic carbocycles. The van der Waals surface area contributed by atoms with Gasteiger partial charge in [-0.05, 0) is 71.4 Å². The van der Waals surface area contributed by atoms with E-state index in [4.69, 9.17) is 0 Å². The van der Waals surface area contributed by atoms with E-state index in [1.807, 2.05) is 46.8 Å². The zero-order valence-corrected chi connectivity index (χ0v) is 18.5. The highest BCUT2D eigenvalue weighted by Crippen LogP contribution is 2.41. The van der Waals surface area contributed by atoms with Gasteiger partial charge in [-0.25, -0.2) is 9.59 Å². The van der Waals surface area contributed by atoms with Crippen LogP contribution in [0.1, 0.15) is 62.8 Å². The number of aryl methyl sites for hydroxylation is 4. The van der Waals surface area contributed by atoms with Gasteiger partial charge < -0.3 is 10.6 Å². The summed E-state index contributed by atoms with van der Waals surface area (Å²) in [5.41, 5.74) is 2.72. The number of carbonyl (C=O) groups is 2. The minimum Gasteiger partial charge on any atom is -0.333 e. The highest BCUT2D eigenvalue weighted by atomic mass is 16.2. The Hall–Kier alpha value is -2.64. The van der Waals surface area contributed by atoms with E-state index in [1.165, 1.54) is 9.36 Å². The average Bonchev–Trinajstić information content (AvgIpc) is 3.05. The van der Waals surface area contributed by atoms with Gasteiger partial charge in [-0.1, -0.05) is 13.8 Å². The van der Waals surface area contributed by atoms with E-state index in [-0.39, 0.29) is 23.5 Å². The van der Waals surface area contributed by atoms with Crippen molar-refractivity contribution in [1.29, 1.82) is 0 Å². The van der Waals surface area contributed by atoms with E-state index in [2.05, 4.69) is 34.7 Å². The molecular formula is C21H32N6O2. The summed E-state index contributed by atoms with van der Waals surface area (Å²) in [6.45, 7) is 13.8. The number of nitrogens with one attached hydrogen (secondary N) is 2. The van der Waals surface area contributed by atoms with E-state index in [1.54, 1.807) is 0 Å². The van der Waals surface area contributed by atoms with Gasteiger partial charge in [0.1, 0.15) is 0 Å². The van der Waals surface area contributed by atoms with Crippen LogP contribution in [0.5, 0.6) is 0 Å². The van der Waals surface area contributed by atoms with Crippen molar-refractivity contribution in [2.45, 2.75) is 79.3 Å². The van der Waals surface area contributed by atoms with E-state index >= 15 is 0 Å². The number of hydrogen-bond acceptors (Lipinski definition) is 4. The second kappa shape index (κ2) is 7.31. The van der Waals surface area contributed by atoms with Crippen molar-refractivity contribution < 1.29 is 9.59 Å². The summed E-state index contributed by atoms with van der Waals surface area (Å²) < 4.78 is 2.81. The molecule has 1 fully saturated rings. The molecule has 0 radical (unpaired) electrons. The van der Waals surface area contributed by atoms with E-state index in [0.29, 0.717) is 6.42 Å². The molecule has 0 aromatic carbocycles. The summed E-state index contributed by atoms with van der Waals surface area (Å²) in [6.07, 6.45) is 2.30. The third-order valence-corrected chi connectivity index (χ3v) is 5.50. The van der Waals surface area contributed by atoms with Crippen LogP contribution in [-0.2, 0) is 0 Å². The molecule has 3 rings (SSSR count). The summed E-state index contributed by atoms with van der Waals surface area (Å²) in [5, 5.41) is 14.8. The Kier molecular flexibility index (Phi) is 5.32. The number of rotatable bonds is 2. The fraction of sp³-hybridized carbons (Fsp3) is 0.619. The second-order valence-corrected chi connectivity index (χ2v) is 9.56. The zero-order valence-electron chi connectivity index (χ0n) is 18.5. The molecule has 2 aromatic heterocycles. The molecule has 2 atom stereocenters. The van der Waals surface area contributed by atoms with Crippen LogP contribution >= 0.6 is 0 Å². The van der Waals surface area contributed by atoms with Crippen LogP contribution < -0.4 is 10.6 Å². The average molecular weight is 401 g/mol. The maximum Gasteiger partial charge on any atom is 0.342 e. The van der Waals surface area contributed by atoms with Crippen molar-refractivity contribution in [3.63, 3.8) is 0 Å². The van der Waals surface area contributed by atoms with Crippen LogP contribution in [0.4, 0.5) is 9.59 Å². The Bertz CT molecular complexity index is 941. The number of aromatic nitrogens is 4. The Morgan fingerprint density at radius 3 is 1.93 bits per heavy atom. The van der Waals surface area contributed by atoms with Gasteiger partial charge >= 0.3 is 12.1 Å². The molecule has 158 valence electrons. The fourth-order valence-electron chi connectivity index (χ4n) is 4.90. The first-order valence-corrected chi connectivity index (χ1v) is 10.1. The Balaban J connectivity index is 1.76. The van der Waals surface area contributed by atoms with Gasteiger partial charge in [-0.2, -0.15) is 19.6 Å². The van der Waals surface area contributed by atoms with Crippen LogP contribution in [0, 0.1) is 33.1 Å². The van der Waals surface area contributed by atoms with Crippen LogP contribution in [-0.4, -0.2) is 43.2 Å². The van der Waals surface area contributed by atoms with Crippen LogP contribution in [0.25, 0.3) is 0 Å². The molecule has 8 nitrogen and oxygen atoms in total. The molecule has 0 aliphatic heterocycles. The molecule has 2 aromatic rings. The van der Waals surface area contributed by atoms with Crippen molar-refractivity contribution in [2.75, 3.05) is 0 Å². The SMILES string of the molecule is Cc1cc(C)n(C(=O)NC2CC(C)(C)CC(C)(NC(=O)n3nc(C)cc3C)C2)n1. The van der Waals surface area contributed by atoms with Crippen molar-refractivity contribution in [3.05, 3.63) is 34.9 Å². The quantitative estimate of drug-likeness (QED) is 0.807. The predicted molar refractivity (Wildman–Crippen MR) is 111 cm³/mol. The fourth-order valence-corrected chi connectivity index (χ4v) is 4.90. The van der Waals surface area contributed by atoms with Gasteiger partial charge in [0.05, 0.1) is 11.4 Å². The van der Waals surface area contributed by atoms with Gasteiger partial charge in [-0.15, -0.1) is 0 Å². The monoisotopic (exact) mass is 400 g/mol. The first kappa shape index (κ1) is 21.1. The van der Waals surface area contributed by atoms with Crippen molar-refractivity contribution in [1.82, 2.24) is 30.2 Å². The van der Waals surface area contributed by atoms with Gasteiger partial charge in [-0.3, -0.25) is 0 Å². The van der Waals surface area contributed by atoms with Gasteiger partial charge in [0, 0.05) is 23.0 Å². The first-order valence-electron chi connectivity index (χ1n) is 10.1. The number of nitrogens with zero attached hydrogens (tertiary/aromatic N) is 4. The molecule has 1 saturated carbocycles. The molecule has 1 aliphatic rings. The third kappa shape index (κ3) is 4.68. The molecule has 0 bridgehead atoms. The second-order valence-electron chi connectivity index (χ2n) is 9.56. The largest absolute Gasteiger partial charge is 0.342 e. The minimum absolute atomic E-state index is 0.0393. The summed E-state index contributed by atoms with van der Waals surface area (Å²) in [5.74, 6) is 0. The zero-order chi connectivity index (χ0) is 21.6. The number of hydrogen-bond donors (Lipinski definition) is 2. The van der Waals surface area contributed by atoms with Gasteiger partial charge in [0.25, 0.3) is 0 Å². The summed E-state index contributed by atoms with van der Waals surface area (Å²) in [4.78, 5) is 25.6. The standard InChI is InChI=1S/C21H32N6O2/c1-13-8-15(3)26(24-13)18(28)22-17-10-20(5,6)12-21(7,11-17)23-19(29)27-16(4)9-14(2)25-27/h8-9,17H,10-12H2,1-7H3,(H,22,28)(H,23,29). The van der Waals surface area contributed by atoms with Crippen LogP contribution in [0.2, 0.25) is 0 Å². The lowest BCUT2D eigenvalue weighted by Gasteiger charge is -2.46. The highest BCUT2D eigenvalue weighted by molar-refractivity contribution is 5.78. The topological polar surface area (TPSA) is 93.8 Å². The Morgan fingerprint density at radius 2 is 1.45 bits per heavy atom. The molecule has 0 saturated heterocycles. The van der Waals surface area contributed by atoms with Crippen molar-refractivity contribution in [3.8, 4) is 0 Å². The van der Waals surface area contributed by atoms with Crippen LogP contribution in [0.3, 0.4) is 0 Å². The summed E-state index contributed by atoms with van der Waals surface area (Å²) in [6, 6.07) is 3.22. The molecule has 2 N–H and O–H groups in total. The van der Waals surface area contributed by atoms with E-state index < -0.39 is 5.54 Å². The molecule has 0 spiro atoms. The lowest BCUT2D eigenvalue weighted by molar-refractivity contribution is 0.109. The highest BCUT2D eigenvalue weighted by Gasteiger charge is 2.43. The smallest absolute Gasteiger partial charge is 0.333 e. The maximum absolute atomic E-state index is 12.8. The van der Waals surface area contributed by atoms with Gasteiger partial charge in [0.15, 0.2) is 0 Å². The lowest BCUT2D eigenvalue weighted by Crippen LogP contribution is -2.58.